The van der Waals surface area contributed by atoms with E-state index in [1.807, 2.05) is 65.2 Å². The second-order valence-electron chi connectivity index (χ2n) is 8.48. The third-order valence-corrected chi connectivity index (χ3v) is 7.09. The number of hydrogen-bond acceptors (Lipinski definition) is 7. The number of Topliss-reactive ketones (excluding diaryl/α,β-unsaturated/α-hetero) is 1. The molecule has 0 amide bonds. The summed E-state index contributed by atoms with van der Waals surface area (Å²) in [4.78, 5) is 26.4. The molecule has 0 atom stereocenters. The Morgan fingerprint density at radius 1 is 0.923 bits per heavy atom. The van der Waals surface area contributed by atoms with Crippen LogP contribution in [0.5, 0.6) is 0 Å². The van der Waals surface area contributed by atoms with Gasteiger partial charge < -0.3 is 4.74 Å². The van der Waals surface area contributed by atoms with Gasteiger partial charge in [-0.2, -0.15) is 5.10 Å². The lowest BCUT2D eigenvalue weighted by atomic mass is 10.1. The Labute approximate surface area is 234 Å². The van der Waals surface area contributed by atoms with Crippen LogP contribution >= 0.6 is 23.4 Å². The third-order valence-electron chi connectivity index (χ3n) is 5.93. The molecule has 0 bridgehead atoms. The molecule has 8 nitrogen and oxygen atoms in total. The van der Waals surface area contributed by atoms with E-state index in [-0.39, 0.29) is 29.4 Å². The van der Waals surface area contributed by atoms with Gasteiger partial charge in [-0.3, -0.25) is 9.36 Å². The van der Waals surface area contributed by atoms with Crippen LogP contribution in [0, 0.1) is 6.92 Å². The van der Waals surface area contributed by atoms with Crippen LogP contribution in [0.3, 0.4) is 0 Å². The van der Waals surface area contributed by atoms with Crippen molar-refractivity contribution < 1.29 is 14.3 Å². The van der Waals surface area contributed by atoms with Gasteiger partial charge in [0.15, 0.2) is 22.5 Å². The highest BCUT2D eigenvalue weighted by atomic mass is 35.5. The number of benzene rings is 3. The van der Waals surface area contributed by atoms with E-state index in [1.165, 1.54) is 16.4 Å². The Morgan fingerprint density at radius 3 is 2.31 bits per heavy atom. The number of ketones is 1. The summed E-state index contributed by atoms with van der Waals surface area (Å²) in [5, 5.41) is 14.3. The summed E-state index contributed by atoms with van der Waals surface area (Å²) < 4.78 is 8.67. The van der Waals surface area contributed by atoms with Gasteiger partial charge in [-0.15, -0.1) is 10.2 Å². The van der Waals surface area contributed by atoms with Gasteiger partial charge in [0.05, 0.1) is 29.3 Å². The third kappa shape index (κ3) is 5.50. The lowest BCUT2D eigenvalue weighted by molar-refractivity contribution is 0.0516. The van der Waals surface area contributed by atoms with Gasteiger partial charge in [-0.25, -0.2) is 9.48 Å². The van der Waals surface area contributed by atoms with Gasteiger partial charge in [0, 0.05) is 16.3 Å². The first-order chi connectivity index (χ1) is 19.0. The van der Waals surface area contributed by atoms with Gasteiger partial charge in [0.2, 0.25) is 0 Å². The quantitative estimate of drug-likeness (QED) is 0.120. The second kappa shape index (κ2) is 11.7. The number of thioether (sulfide) groups is 1. The van der Waals surface area contributed by atoms with E-state index in [0.717, 1.165) is 11.3 Å². The van der Waals surface area contributed by atoms with Crippen molar-refractivity contribution in [2.24, 2.45) is 0 Å². The lowest BCUT2D eigenvalue weighted by Gasteiger charge is -2.10. The smallest absolute Gasteiger partial charge is 0.359 e. The Bertz CT molecular complexity index is 1630. The van der Waals surface area contributed by atoms with Gasteiger partial charge >= 0.3 is 5.97 Å². The molecule has 0 aliphatic rings. The van der Waals surface area contributed by atoms with E-state index in [2.05, 4.69) is 15.3 Å². The zero-order valence-electron chi connectivity index (χ0n) is 21.2. The van der Waals surface area contributed by atoms with Gasteiger partial charge in [0.25, 0.3) is 0 Å². The molecule has 0 aliphatic carbocycles. The Hall–Kier alpha value is -4.21. The van der Waals surface area contributed by atoms with E-state index < -0.39 is 5.97 Å². The van der Waals surface area contributed by atoms with Crippen LogP contribution in [0.1, 0.15) is 33.5 Å². The molecule has 10 heteroatoms. The number of carbonyl (C=O) groups is 2. The maximum absolute atomic E-state index is 13.6. The fourth-order valence-corrected chi connectivity index (χ4v) is 5.20. The van der Waals surface area contributed by atoms with Crippen LogP contribution in [0.4, 0.5) is 0 Å². The summed E-state index contributed by atoms with van der Waals surface area (Å²) in [5.41, 5.74) is 3.09. The molecule has 0 saturated carbocycles. The first kappa shape index (κ1) is 26.4. The number of para-hydroxylation sites is 1. The maximum atomic E-state index is 13.6. The van der Waals surface area contributed by atoms with Gasteiger partial charge in [0.1, 0.15) is 0 Å². The highest BCUT2D eigenvalue weighted by molar-refractivity contribution is 7.99. The van der Waals surface area contributed by atoms with Crippen molar-refractivity contribution in [1.29, 1.82) is 0 Å². The molecule has 3 aromatic carbocycles. The van der Waals surface area contributed by atoms with Crippen LogP contribution < -0.4 is 0 Å². The summed E-state index contributed by atoms with van der Waals surface area (Å²) >= 11 is 7.42. The van der Waals surface area contributed by atoms with E-state index in [4.69, 9.17) is 16.3 Å². The first-order valence-corrected chi connectivity index (χ1v) is 13.6. The van der Waals surface area contributed by atoms with Crippen molar-refractivity contribution in [3.8, 4) is 22.8 Å². The van der Waals surface area contributed by atoms with Crippen LogP contribution in [0.25, 0.3) is 22.8 Å². The number of aromatic nitrogens is 5. The molecule has 196 valence electrons. The number of rotatable bonds is 9. The number of nitrogens with zero attached hydrogens (tertiary/aromatic N) is 5. The molecular weight excluding hydrogens is 534 g/mol. The van der Waals surface area contributed by atoms with Crippen LogP contribution in [0.2, 0.25) is 5.02 Å². The molecule has 0 unspecified atom stereocenters. The average molecular weight is 558 g/mol. The molecule has 0 spiro atoms. The van der Waals surface area contributed by atoms with E-state index in [1.54, 1.807) is 38.1 Å². The monoisotopic (exact) mass is 557 g/mol. The molecule has 0 N–H and O–H groups in total. The van der Waals surface area contributed by atoms with Crippen molar-refractivity contribution >= 4 is 35.1 Å². The molecule has 2 aromatic heterocycles. The second-order valence-corrected chi connectivity index (χ2v) is 9.86. The normalized spacial score (nSPS) is 10.9. The topological polar surface area (TPSA) is 91.9 Å². The number of ether oxygens (including phenoxy) is 1. The number of hydrogen-bond donors (Lipinski definition) is 0. The molecule has 5 rings (SSSR count). The van der Waals surface area contributed by atoms with E-state index in [0.29, 0.717) is 27.4 Å². The van der Waals surface area contributed by atoms with Gasteiger partial charge in [-0.1, -0.05) is 78.0 Å². The summed E-state index contributed by atoms with van der Waals surface area (Å²) in [5.74, 6) is -0.269. The van der Waals surface area contributed by atoms with Crippen LogP contribution in [-0.2, 0) is 4.74 Å². The Morgan fingerprint density at radius 2 is 1.62 bits per heavy atom. The van der Waals surface area contributed by atoms with E-state index >= 15 is 0 Å². The Kier molecular flexibility index (Phi) is 7.90. The lowest BCUT2D eigenvalue weighted by Crippen LogP contribution is -2.13. The fourth-order valence-electron chi connectivity index (χ4n) is 4.19. The summed E-state index contributed by atoms with van der Waals surface area (Å²) in [7, 11) is 0. The predicted octanol–water partition coefficient (Wildman–Crippen LogP) is 6.23. The maximum Gasteiger partial charge on any atom is 0.359 e. The summed E-state index contributed by atoms with van der Waals surface area (Å²) in [6.45, 7) is 3.61. The minimum atomic E-state index is -0.659. The van der Waals surface area contributed by atoms with Crippen molar-refractivity contribution in [2.75, 3.05) is 12.4 Å². The molecule has 5 aromatic rings. The van der Waals surface area contributed by atoms with Crippen LogP contribution in [0.15, 0.2) is 90.1 Å². The van der Waals surface area contributed by atoms with Crippen molar-refractivity contribution in [2.45, 2.75) is 19.0 Å². The molecule has 0 saturated heterocycles. The first-order valence-electron chi connectivity index (χ1n) is 12.2. The number of esters is 1. The standard InChI is InChI=1S/C29H24ClN5O3S/c1-3-38-28(37)26-25(19(2)35(33-26)23-16-10-13-21(30)17-23)24(36)18-39-29-32-31-27(20-11-6-4-7-12-20)34(29)22-14-8-5-9-15-22/h4-17H,3,18H2,1-2H3. The number of carbonyl (C=O) groups excluding carboxylic acids is 2. The summed E-state index contributed by atoms with van der Waals surface area (Å²) in [6, 6.07) is 26.5. The SMILES string of the molecule is CCOC(=O)c1nn(-c2cccc(Cl)c2)c(C)c1C(=O)CSc1nnc(-c2ccccc2)n1-c1ccccc1. The Balaban J connectivity index is 1.50. The van der Waals surface area contributed by atoms with Crippen molar-refractivity contribution in [1.82, 2.24) is 24.5 Å². The molecular formula is C29H24ClN5O3S. The number of halogens is 1. The predicted molar refractivity (Wildman–Crippen MR) is 151 cm³/mol. The average Bonchev–Trinajstić information content (AvgIpc) is 3.54. The molecule has 0 radical (unpaired) electrons. The minimum Gasteiger partial charge on any atom is -0.461 e. The largest absolute Gasteiger partial charge is 0.461 e. The molecule has 0 fully saturated rings. The van der Waals surface area contributed by atoms with Crippen LogP contribution in [-0.4, -0.2) is 48.7 Å². The molecule has 0 aliphatic heterocycles. The molecule has 39 heavy (non-hydrogen) atoms. The van der Waals surface area contributed by atoms with Crippen molar-refractivity contribution in [3.05, 3.63) is 107 Å². The fraction of sp³-hybridized carbons (Fsp3) is 0.138. The zero-order valence-corrected chi connectivity index (χ0v) is 22.8. The summed E-state index contributed by atoms with van der Waals surface area (Å²) in [6.07, 6.45) is 0. The highest BCUT2D eigenvalue weighted by Crippen LogP contribution is 2.29. The van der Waals surface area contributed by atoms with Crippen molar-refractivity contribution in [3.63, 3.8) is 0 Å². The zero-order chi connectivity index (χ0) is 27.4. The molecule has 2 heterocycles. The minimum absolute atomic E-state index is 0.00818. The van der Waals surface area contributed by atoms with Gasteiger partial charge in [-0.05, 0) is 44.2 Å². The highest BCUT2D eigenvalue weighted by Gasteiger charge is 2.28. The van der Waals surface area contributed by atoms with E-state index in [9.17, 15) is 9.59 Å².